The first-order valence-corrected chi connectivity index (χ1v) is 10.7. The Morgan fingerprint density at radius 1 is 0.926 bits per heavy atom. The van der Waals surface area contributed by atoms with Crippen molar-refractivity contribution in [2.45, 2.75) is 92.1 Å². The number of hydrogen-bond acceptors (Lipinski definition) is 3. The van der Waals surface area contributed by atoms with Gasteiger partial charge in [-0.25, -0.2) is 4.98 Å². The molecule has 1 aromatic carbocycles. The van der Waals surface area contributed by atoms with Crippen LogP contribution in [0.5, 0.6) is 5.88 Å². The Morgan fingerprint density at radius 2 is 1.52 bits per heavy atom. The highest BCUT2D eigenvalue weighted by atomic mass is 16.5. The monoisotopic (exact) mass is 368 g/mol. The molecule has 0 N–H and O–H groups in total. The van der Waals surface area contributed by atoms with E-state index in [4.69, 9.17) is 14.7 Å². The van der Waals surface area contributed by atoms with Crippen LogP contribution in [0.25, 0.3) is 11.4 Å². The Morgan fingerprint density at radius 3 is 2.00 bits per heavy atom. The molecule has 0 aliphatic carbocycles. The van der Waals surface area contributed by atoms with Gasteiger partial charge >= 0.3 is 0 Å². The van der Waals surface area contributed by atoms with Crippen LogP contribution in [0.3, 0.4) is 0 Å². The topological polar surface area (TPSA) is 35.0 Å². The predicted octanol–water partition coefficient (Wildman–Crippen LogP) is 6.74. The minimum atomic E-state index is 0.0995. The fourth-order valence-corrected chi connectivity index (χ4v) is 3.78. The van der Waals surface area contributed by atoms with Crippen LogP contribution in [-0.4, -0.2) is 16.1 Å². The van der Waals surface area contributed by atoms with Crippen molar-refractivity contribution in [1.29, 1.82) is 0 Å². The predicted molar refractivity (Wildman–Crippen MR) is 115 cm³/mol. The standard InChI is InChI=1S/C24H36N2O/c1-7-12-20(13-8-2)21-16-25-23(26-24(21)27-17(5)6)22-18(9-3)14-11-15-19(22)10-4/h11,14-17,20H,7-10,12-13H2,1-6H3. The molecule has 2 rings (SSSR count). The van der Waals surface area contributed by atoms with Gasteiger partial charge in [0.15, 0.2) is 5.82 Å². The van der Waals surface area contributed by atoms with Crippen LogP contribution < -0.4 is 4.74 Å². The Balaban J connectivity index is 2.58. The molecule has 2 aromatic rings. The second-order valence-corrected chi connectivity index (χ2v) is 7.55. The van der Waals surface area contributed by atoms with Gasteiger partial charge in [-0.1, -0.05) is 58.7 Å². The zero-order chi connectivity index (χ0) is 19.8. The minimum absolute atomic E-state index is 0.0995. The highest BCUT2D eigenvalue weighted by Gasteiger charge is 2.21. The molecule has 0 saturated carbocycles. The third-order valence-corrected chi connectivity index (χ3v) is 5.06. The van der Waals surface area contributed by atoms with Crippen LogP contribution in [0, 0.1) is 0 Å². The summed E-state index contributed by atoms with van der Waals surface area (Å²) in [7, 11) is 0. The average Bonchev–Trinajstić information content (AvgIpc) is 2.66. The van der Waals surface area contributed by atoms with E-state index in [2.05, 4.69) is 59.7 Å². The van der Waals surface area contributed by atoms with Crippen LogP contribution in [0.1, 0.15) is 89.8 Å². The van der Waals surface area contributed by atoms with Crippen LogP contribution in [0.2, 0.25) is 0 Å². The Bertz CT molecular complexity index is 696. The molecule has 3 heteroatoms. The molecule has 148 valence electrons. The maximum absolute atomic E-state index is 6.18. The number of hydrogen-bond donors (Lipinski definition) is 0. The molecular weight excluding hydrogens is 332 g/mol. The van der Waals surface area contributed by atoms with Gasteiger partial charge in [-0.3, -0.25) is 0 Å². The normalized spacial score (nSPS) is 11.4. The lowest BCUT2D eigenvalue weighted by molar-refractivity contribution is 0.227. The SMILES string of the molecule is CCCC(CCC)c1cnc(-c2c(CC)cccc2CC)nc1OC(C)C. The number of rotatable bonds is 10. The summed E-state index contributed by atoms with van der Waals surface area (Å²) in [6.07, 6.45) is 8.70. The summed E-state index contributed by atoms with van der Waals surface area (Å²) in [6.45, 7) is 13.0. The lowest BCUT2D eigenvalue weighted by atomic mass is 9.91. The number of aromatic nitrogens is 2. The van der Waals surface area contributed by atoms with Gasteiger partial charge in [-0.05, 0) is 56.6 Å². The van der Waals surface area contributed by atoms with Gasteiger partial charge in [0.1, 0.15) is 0 Å². The first kappa shape index (κ1) is 21.4. The molecule has 0 aliphatic rings. The van der Waals surface area contributed by atoms with E-state index in [1.807, 2.05) is 6.20 Å². The first-order valence-electron chi connectivity index (χ1n) is 10.7. The van der Waals surface area contributed by atoms with E-state index >= 15 is 0 Å². The zero-order valence-corrected chi connectivity index (χ0v) is 18.0. The van der Waals surface area contributed by atoms with Crippen molar-refractivity contribution in [3.63, 3.8) is 0 Å². The molecule has 0 unspecified atom stereocenters. The first-order chi connectivity index (χ1) is 13.0. The quantitative estimate of drug-likeness (QED) is 0.466. The Kier molecular flexibility index (Phi) is 8.27. The molecule has 27 heavy (non-hydrogen) atoms. The van der Waals surface area contributed by atoms with Crippen LogP contribution in [0.15, 0.2) is 24.4 Å². The minimum Gasteiger partial charge on any atom is -0.475 e. The number of nitrogens with zero attached hydrogens (tertiary/aromatic N) is 2. The highest BCUT2D eigenvalue weighted by Crippen LogP contribution is 2.35. The summed E-state index contributed by atoms with van der Waals surface area (Å²) < 4.78 is 6.18. The van der Waals surface area contributed by atoms with E-state index in [1.165, 1.54) is 22.3 Å². The Labute approximate surface area is 165 Å². The van der Waals surface area contributed by atoms with Crippen LogP contribution in [0.4, 0.5) is 0 Å². The van der Waals surface area contributed by atoms with E-state index in [0.29, 0.717) is 5.92 Å². The van der Waals surface area contributed by atoms with E-state index in [1.54, 1.807) is 0 Å². The van der Waals surface area contributed by atoms with Crippen molar-refractivity contribution in [3.8, 4) is 17.3 Å². The molecule has 0 amide bonds. The third kappa shape index (κ3) is 5.31. The van der Waals surface area contributed by atoms with Crippen molar-refractivity contribution in [1.82, 2.24) is 9.97 Å². The molecular formula is C24H36N2O. The number of benzene rings is 1. The lowest BCUT2D eigenvalue weighted by Crippen LogP contribution is -2.13. The van der Waals surface area contributed by atoms with E-state index < -0.39 is 0 Å². The highest BCUT2D eigenvalue weighted by molar-refractivity contribution is 5.65. The number of ether oxygens (including phenoxy) is 1. The second kappa shape index (κ2) is 10.4. The largest absolute Gasteiger partial charge is 0.475 e. The van der Waals surface area contributed by atoms with Gasteiger partial charge in [-0.2, -0.15) is 4.98 Å². The van der Waals surface area contributed by atoms with Crippen molar-refractivity contribution in [2.24, 2.45) is 0 Å². The van der Waals surface area contributed by atoms with Crippen LogP contribution >= 0.6 is 0 Å². The molecule has 1 aromatic heterocycles. The zero-order valence-electron chi connectivity index (χ0n) is 18.0. The maximum atomic E-state index is 6.18. The van der Waals surface area contributed by atoms with Gasteiger partial charge < -0.3 is 4.74 Å². The molecule has 0 saturated heterocycles. The molecule has 0 atom stereocenters. The third-order valence-electron chi connectivity index (χ3n) is 5.06. The molecule has 0 radical (unpaired) electrons. The molecule has 1 heterocycles. The fraction of sp³-hybridized carbons (Fsp3) is 0.583. The fourth-order valence-electron chi connectivity index (χ4n) is 3.78. The van der Waals surface area contributed by atoms with E-state index in [0.717, 1.165) is 50.2 Å². The summed E-state index contributed by atoms with van der Waals surface area (Å²) >= 11 is 0. The summed E-state index contributed by atoms with van der Waals surface area (Å²) in [5.74, 6) is 2.04. The summed E-state index contributed by atoms with van der Waals surface area (Å²) in [5, 5.41) is 0. The van der Waals surface area contributed by atoms with Gasteiger partial charge in [0, 0.05) is 17.3 Å². The van der Waals surface area contributed by atoms with Gasteiger partial charge in [0.05, 0.1) is 6.10 Å². The van der Waals surface area contributed by atoms with Gasteiger partial charge in [0.25, 0.3) is 0 Å². The maximum Gasteiger partial charge on any atom is 0.220 e. The summed E-state index contributed by atoms with van der Waals surface area (Å²) in [4.78, 5) is 9.78. The van der Waals surface area contributed by atoms with Crippen molar-refractivity contribution < 1.29 is 4.74 Å². The van der Waals surface area contributed by atoms with Crippen molar-refractivity contribution in [2.75, 3.05) is 0 Å². The van der Waals surface area contributed by atoms with Crippen molar-refractivity contribution in [3.05, 3.63) is 41.1 Å². The Hall–Kier alpha value is -1.90. The molecule has 0 aliphatic heterocycles. The summed E-state index contributed by atoms with van der Waals surface area (Å²) in [5.41, 5.74) is 4.96. The molecule has 0 spiro atoms. The average molecular weight is 369 g/mol. The smallest absolute Gasteiger partial charge is 0.220 e. The summed E-state index contributed by atoms with van der Waals surface area (Å²) in [6, 6.07) is 6.51. The van der Waals surface area contributed by atoms with Crippen LogP contribution in [-0.2, 0) is 12.8 Å². The van der Waals surface area contributed by atoms with Gasteiger partial charge in [-0.15, -0.1) is 0 Å². The second-order valence-electron chi connectivity index (χ2n) is 7.55. The molecule has 0 fully saturated rings. The molecule has 0 bridgehead atoms. The number of aryl methyl sites for hydroxylation is 2. The lowest BCUT2D eigenvalue weighted by Gasteiger charge is -2.21. The van der Waals surface area contributed by atoms with Gasteiger partial charge in [0.2, 0.25) is 5.88 Å². The van der Waals surface area contributed by atoms with E-state index in [9.17, 15) is 0 Å². The molecule has 3 nitrogen and oxygen atoms in total. The van der Waals surface area contributed by atoms with E-state index in [-0.39, 0.29) is 6.10 Å². The van der Waals surface area contributed by atoms with Crippen molar-refractivity contribution >= 4 is 0 Å².